The summed E-state index contributed by atoms with van der Waals surface area (Å²) in [6, 6.07) is 3.98. The molecule has 0 spiro atoms. The third-order valence-corrected chi connectivity index (χ3v) is 3.06. The molecule has 1 rings (SSSR count). The standard InChI is InChI=1S/C11H16N2O2S/c1-12-10-7-9(3-5-13-10)8-16-6-4-11(14)15-2/h3,5,7H,4,6,8H2,1-2H3,(H,12,13). The molecule has 4 nitrogen and oxygen atoms in total. The molecule has 16 heavy (non-hydrogen) atoms. The highest BCUT2D eigenvalue weighted by atomic mass is 32.2. The maximum Gasteiger partial charge on any atom is 0.306 e. The molecule has 0 saturated carbocycles. The predicted octanol–water partition coefficient (Wildman–Crippen LogP) is 1.92. The zero-order valence-corrected chi connectivity index (χ0v) is 10.3. The number of ether oxygens (including phenoxy) is 1. The van der Waals surface area contributed by atoms with Crippen molar-refractivity contribution in [1.82, 2.24) is 4.98 Å². The summed E-state index contributed by atoms with van der Waals surface area (Å²) >= 11 is 1.71. The quantitative estimate of drug-likeness (QED) is 0.608. The Morgan fingerprint density at radius 3 is 3.12 bits per heavy atom. The molecule has 0 bridgehead atoms. The minimum absolute atomic E-state index is 0.154. The largest absolute Gasteiger partial charge is 0.469 e. The zero-order valence-electron chi connectivity index (χ0n) is 9.53. The van der Waals surface area contributed by atoms with Crippen LogP contribution in [0.4, 0.5) is 5.82 Å². The highest BCUT2D eigenvalue weighted by Gasteiger charge is 2.00. The van der Waals surface area contributed by atoms with E-state index in [1.54, 1.807) is 18.0 Å². The maximum absolute atomic E-state index is 10.9. The van der Waals surface area contributed by atoms with Crippen molar-refractivity contribution in [1.29, 1.82) is 0 Å². The van der Waals surface area contributed by atoms with Gasteiger partial charge in [0, 0.05) is 24.8 Å². The molecule has 5 heteroatoms. The Kier molecular flexibility index (Phi) is 5.71. The number of hydrogen-bond acceptors (Lipinski definition) is 5. The Labute approximate surface area is 99.8 Å². The maximum atomic E-state index is 10.9. The first-order valence-corrected chi connectivity index (χ1v) is 6.19. The Balaban J connectivity index is 2.28. The van der Waals surface area contributed by atoms with Crippen LogP contribution in [0.5, 0.6) is 0 Å². The molecule has 0 fully saturated rings. The van der Waals surface area contributed by atoms with Crippen molar-refractivity contribution in [3.8, 4) is 0 Å². The van der Waals surface area contributed by atoms with Crippen molar-refractivity contribution in [3.63, 3.8) is 0 Å². The van der Waals surface area contributed by atoms with E-state index in [2.05, 4.69) is 15.0 Å². The highest BCUT2D eigenvalue weighted by Crippen LogP contribution is 2.15. The second-order valence-corrected chi connectivity index (χ2v) is 4.28. The van der Waals surface area contributed by atoms with Gasteiger partial charge in [0.05, 0.1) is 13.5 Å². The van der Waals surface area contributed by atoms with Crippen LogP contribution in [0.25, 0.3) is 0 Å². The molecule has 0 aromatic carbocycles. The van der Waals surface area contributed by atoms with Crippen molar-refractivity contribution in [2.75, 3.05) is 25.2 Å². The van der Waals surface area contributed by atoms with Gasteiger partial charge in [0.2, 0.25) is 0 Å². The Morgan fingerprint density at radius 2 is 2.44 bits per heavy atom. The number of rotatable bonds is 6. The van der Waals surface area contributed by atoms with E-state index in [4.69, 9.17) is 0 Å². The van der Waals surface area contributed by atoms with Gasteiger partial charge in [-0.2, -0.15) is 11.8 Å². The fourth-order valence-electron chi connectivity index (χ4n) is 1.15. The number of thioether (sulfide) groups is 1. The Bertz CT molecular complexity index is 345. The number of carbonyl (C=O) groups is 1. The van der Waals surface area contributed by atoms with E-state index < -0.39 is 0 Å². The molecule has 88 valence electrons. The van der Waals surface area contributed by atoms with Gasteiger partial charge in [0.1, 0.15) is 5.82 Å². The number of nitrogens with zero attached hydrogens (tertiary/aromatic N) is 1. The number of nitrogens with one attached hydrogen (secondary N) is 1. The first-order valence-electron chi connectivity index (χ1n) is 5.03. The van der Waals surface area contributed by atoms with E-state index in [-0.39, 0.29) is 5.97 Å². The van der Waals surface area contributed by atoms with Gasteiger partial charge in [-0.1, -0.05) is 0 Å². The van der Waals surface area contributed by atoms with Crippen LogP contribution in [0.2, 0.25) is 0 Å². The smallest absolute Gasteiger partial charge is 0.306 e. The van der Waals surface area contributed by atoms with E-state index in [0.29, 0.717) is 6.42 Å². The number of carbonyl (C=O) groups excluding carboxylic acids is 1. The van der Waals surface area contributed by atoms with Crippen molar-refractivity contribution >= 4 is 23.5 Å². The van der Waals surface area contributed by atoms with Gasteiger partial charge in [0.25, 0.3) is 0 Å². The van der Waals surface area contributed by atoms with Crippen LogP contribution >= 0.6 is 11.8 Å². The molecular formula is C11H16N2O2S. The summed E-state index contributed by atoms with van der Waals surface area (Å²) in [6.45, 7) is 0. The first kappa shape index (κ1) is 12.8. The number of methoxy groups -OCH3 is 1. The van der Waals surface area contributed by atoms with Gasteiger partial charge >= 0.3 is 5.97 Å². The second-order valence-electron chi connectivity index (χ2n) is 3.18. The number of anilines is 1. The van der Waals surface area contributed by atoms with Crippen molar-refractivity contribution in [2.45, 2.75) is 12.2 Å². The summed E-state index contributed by atoms with van der Waals surface area (Å²) < 4.78 is 4.57. The zero-order chi connectivity index (χ0) is 11.8. The molecule has 0 amide bonds. The summed E-state index contributed by atoms with van der Waals surface area (Å²) in [5.74, 6) is 2.38. The van der Waals surface area contributed by atoms with E-state index in [1.807, 2.05) is 19.2 Å². The van der Waals surface area contributed by atoms with Crippen LogP contribution < -0.4 is 5.32 Å². The fourth-order valence-corrected chi connectivity index (χ4v) is 2.02. The van der Waals surface area contributed by atoms with Crippen molar-refractivity contribution in [2.24, 2.45) is 0 Å². The Hall–Kier alpha value is -1.23. The lowest BCUT2D eigenvalue weighted by molar-refractivity contribution is -0.140. The third kappa shape index (κ3) is 4.53. The number of hydrogen-bond donors (Lipinski definition) is 1. The molecule has 0 aliphatic rings. The summed E-state index contributed by atoms with van der Waals surface area (Å²) in [5, 5.41) is 2.99. The van der Waals surface area contributed by atoms with E-state index in [1.165, 1.54) is 12.7 Å². The topological polar surface area (TPSA) is 51.2 Å². The average Bonchev–Trinajstić information content (AvgIpc) is 2.34. The first-order chi connectivity index (χ1) is 7.76. The molecule has 1 heterocycles. The molecule has 0 unspecified atom stereocenters. The highest BCUT2D eigenvalue weighted by molar-refractivity contribution is 7.98. The summed E-state index contributed by atoms with van der Waals surface area (Å²) in [5.41, 5.74) is 1.20. The Morgan fingerprint density at radius 1 is 1.62 bits per heavy atom. The van der Waals surface area contributed by atoms with E-state index in [9.17, 15) is 4.79 Å². The molecule has 1 N–H and O–H groups in total. The number of esters is 1. The molecule has 0 aliphatic carbocycles. The molecule has 0 saturated heterocycles. The minimum Gasteiger partial charge on any atom is -0.469 e. The molecule has 1 aromatic rings. The van der Waals surface area contributed by atoms with Crippen LogP contribution in [-0.2, 0) is 15.3 Å². The fraction of sp³-hybridized carbons (Fsp3) is 0.455. The third-order valence-electron chi connectivity index (χ3n) is 2.03. The monoisotopic (exact) mass is 240 g/mol. The van der Waals surface area contributed by atoms with Crippen LogP contribution in [0.1, 0.15) is 12.0 Å². The lowest BCUT2D eigenvalue weighted by Gasteiger charge is -2.03. The molecule has 1 aromatic heterocycles. The molecular weight excluding hydrogens is 224 g/mol. The van der Waals surface area contributed by atoms with Gasteiger partial charge < -0.3 is 10.1 Å². The van der Waals surface area contributed by atoms with Gasteiger partial charge in [-0.3, -0.25) is 4.79 Å². The van der Waals surface area contributed by atoms with Gasteiger partial charge in [-0.15, -0.1) is 0 Å². The summed E-state index contributed by atoms with van der Waals surface area (Å²) in [7, 11) is 3.26. The second kappa shape index (κ2) is 7.11. The lowest BCUT2D eigenvalue weighted by atomic mass is 10.3. The van der Waals surface area contributed by atoms with Crippen molar-refractivity contribution in [3.05, 3.63) is 23.9 Å². The SMILES string of the molecule is CNc1cc(CSCCC(=O)OC)ccn1. The van der Waals surface area contributed by atoms with Crippen LogP contribution in [0.3, 0.4) is 0 Å². The van der Waals surface area contributed by atoms with Gasteiger partial charge in [-0.05, 0) is 17.7 Å². The number of aromatic nitrogens is 1. The van der Waals surface area contributed by atoms with E-state index >= 15 is 0 Å². The predicted molar refractivity (Wildman–Crippen MR) is 66.6 cm³/mol. The van der Waals surface area contributed by atoms with Crippen LogP contribution in [0.15, 0.2) is 18.3 Å². The van der Waals surface area contributed by atoms with Crippen LogP contribution in [-0.4, -0.2) is 30.9 Å². The summed E-state index contributed by atoms with van der Waals surface area (Å²) in [6.07, 6.45) is 2.24. The van der Waals surface area contributed by atoms with Crippen molar-refractivity contribution < 1.29 is 9.53 Å². The van der Waals surface area contributed by atoms with Gasteiger partial charge in [0.15, 0.2) is 0 Å². The molecule has 0 aliphatic heterocycles. The normalized spacial score (nSPS) is 9.88. The average molecular weight is 240 g/mol. The van der Waals surface area contributed by atoms with Gasteiger partial charge in [-0.25, -0.2) is 4.98 Å². The molecule has 0 radical (unpaired) electrons. The lowest BCUT2D eigenvalue weighted by Crippen LogP contribution is -2.01. The minimum atomic E-state index is -0.154. The number of pyridine rings is 1. The molecule has 0 atom stereocenters. The summed E-state index contributed by atoms with van der Waals surface area (Å²) in [4.78, 5) is 15.0. The van der Waals surface area contributed by atoms with E-state index in [0.717, 1.165) is 17.3 Å². The van der Waals surface area contributed by atoms with Crippen LogP contribution in [0, 0.1) is 0 Å².